The lowest BCUT2D eigenvalue weighted by atomic mass is 9.91. The lowest BCUT2D eigenvalue weighted by Crippen LogP contribution is -2.26. The van der Waals surface area contributed by atoms with E-state index in [0.717, 1.165) is 31.4 Å². The molecule has 3 heteroatoms. The van der Waals surface area contributed by atoms with E-state index in [-0.39, 0.29) is 13.3 Å². The van der Waals surface area contributed by atoms with Gasteiger partial charge in [0.05, 0.1) is 0 Å². The zero-order chi connectivity index (χ0) is 15.8. The molecule has 21 heavy (non-hydrogen) atoms. The molecule has 0 aromatic rings. The maximum absolute atomic E-state index is 11.6. The number of Topliss-reactive ketones (excluding diaryl/α,β-unsaturated/α-hetero) is 1. The second-order valence-electron chi connectivity index (χ2n) is 6.25. The number of hydrogen-bond acceptors (Lipinski definition) is 2. The van der Waals surface area contributed by atoms with E-state index in [4.69, 9.17) is 0 Å². The van der Waals surface area contributed by atoms with Crippen molar-refractivity contribution in [1.82, 2.24) is 5.32 Å². The monoisotopic (exact) mass is 293 g/mol. The van der Waals surface area contributed by atoms with Gasteiger partial charge in [-0.25, -0.2) is 0 Å². The van der Waals surface area contributed by atoms with Crippen molar-refractivity contribution < 1.29 is 11.0 Å². The number of rotatable bonds is 8. The van der Waals surface area contributed by atoms with E-state index in [0.29, 0.717) is 24.5 Å². The lowest BCUT2D eigenvalue weighted by Gasteiger charge is -2.21. The summed E-state index contributed by atoms with van der Waals surface area (Å²) in [5.41, 5.74) is 2.33. The van der Waals surface area contributed by atoms with Gasteiger partial charge in [0.25, 0.3) is 0 Å². The molecule has 0 radical (unpaired) electrons. The first-order chi connectivity index (χ1) is 9.93. The highest BCUT2D eigenvalue weighted by Crippen LogP contribution is 2.25. The van der Waals surface area contributed by atoms with Gasteiger partial charge in [0.15, 0.2) is 0 Å². The molecular weight excluding hydrogens is 262 g/mol. The average Bonchev–Trinajstić information content (AvgIpc) is 2.46. The quantitative estimate of drug-likeness (QED) is 0.674. The Morgan fingerprint density at radius 2 is 2.10 bits per heavy atom. The summed E-state index contributed by atoms with van der Waals surface area (Å²) in [4.78, 5) is 23.1. The van der Waals surface area contributed by atoms with E-state index in [1.807, 2.05) is 20.8 Å². The van der Waals surface area contributed by atoms with Crippen LogP contribution in [0, 0.1) is 11.8 Å². The highest BCUT2D eigenvalue weighted by Gasteiger charge is 2.15. The molecule has 0 spiro atoms. The Balaban J connectivity index is 0.00000441. The summed E-state index contributed by atoms with van der Waals surface area (Å²) in [5, 5.41) is 3.00. The molecule has 1 N–H and O–H groups in total. The highest BCUT2D eigenvalue weighted by molar-refractivity contribution is 5.80. The van der Waals surface area contributed by atoms with Gasteiger partial charge in [-0.3, -0.25) is 9.59 Å². The molecule has 1 unspecified atom stereocenters. The van der Waals surface area contributed by atoms with Crippen LogP contribution < -0.4 is 5.32 Å². The van der Waals surface area contributed by atoms with Gasteiger partial charge in [0, 0.05) is 25.9 Å². The number of amides is 1. The SMILES string of the molecule is CCC(=O)NC1=CC(CCCCC(=O)C(C)C)=CCC1C.[HH]. The molecule has 1 aliphatic carbocycles. The number of hydrogen-bond donors (Lipinski definition) is 1. The highest BCUT2D eigenvalue weighted by atomic mass is 16.1. The minimum Gasteiger partial charge on any atom is -0.330 e. The second kappa shape index (κ2) is 8.81. The van der Waals surface area contributed by atoms with E-state index < -0.39 is 0 Å². The normalized spacial score (nSPS) is 18.2. The van der Waals surface area contributed by atoms with Crippen LogP contribution in [0.15, 0.2) is 23.4 Å². The van der Waals surface area contributed by atoms with Crippen LogP contribution in [0.2, 0.25) is 0 Å². The van der Waals surface area contributed by atoms with Crippen LogP contribution in [0.4, 0.5) is 0 Å². The van der Waals surface area contributed by atoms with Crippen LogP contribution in [0.25, 0.3) is 0 Å². The van der Waals surface area contributed by atoms with Gasteiger partial charge in [-0.1, -0.05) is 39.3 Å². The summed E-state index contributed by atoms with van der Waals surface area (Å²) in [6.45, 7) is 7.92. The summed E-state index contributed by atoms with van der Waals surface area (Å²) in [6, 6.07) is 0. The van der Waals surface area contributed by atoms with Crippen LogP contribution in [-0.2, 0) is 9.59 Å². The molecule has 120 valence electrons. The smallest absolute Gasteiger partial charge is 0.223 e. The molecule has 0 aromatic heterocycles. The molecular formula is C18H31NO2. The van der Waals surface area contributed by atoms with Gasteiger partial charge < -0.3 is 5.32 Å². The van der Waals surface area contributed by atoms with Gasteiger partial charge in [0.2, 0.25) is 5.91 Å². The number of unbranched alkanes of at least 4 members (excludes halogenated alkanes) is 1. The number of carbonyl (C=O) groups is 2. The molecule has 0 saturated carbocycles. The average molecular weight is 293 g/mol. The van der Waals surface area contributed by atoms with Gasteiger partial charge >= 0.3 is 0 Å². The van der Waals surface area contributed by atoms with Crippen LogP contribution in [0.3, 0.4) is 0 Å². The topological polar surface area (TPSA) is 46.2 Å². The minimum atomic E-state index is 0. The molecule has 0 bridgehead atoms. The summed E-state index contributed by atoms with van der Waals surface area (Å²) < 4.78 is 0. The molecule has 1 rings (SSSR count). The zero-order valence-electron chi connectivity index (χ0n) is 13.9. The Bertz CT molecular complexity index is 438. The van der Waals surface area contributed by atoms with Crippen LogP contribution >= 0.6 is 0 Å². The molecule has 1 amide bonds. The van der Waals surface area contributed by atoms with Crippen molar-refractivity contribution in [2.45, 2.75) is 66.2 Å². The molecule has 1 atom stereocenters. The zero-order valence-corrected chi connectivity index (χ0v) is 13.9. The molecule has 0 heterocycles. The van der Waals surface area contributed by atoms with Crippen molar-refractivity contribution in [2.24, 2.45) is 11.8 Å². The van der Waals surface area contributed by atoms with Crippen molar-refractivity contribution in [1.29, 1.82) is 0 Å². The number of nitrogens with one attached hydrogen (secondary N) is 1. The van der Waals surface area contributed by atoms with Crippen LogP contribution in [0.5, 0.6) is 0 Å². The third-order valence-corrected chi connectivity index (χ3v) is 3.99. The van der Waals surface area contributed by atoms with Gasteiger partial charge in [-0.15, -0.1) is 0 Å². The predicted octanol–water partition coefficient (Wildman–Crippen LogP) is 4.39. The standard InChI is InChI=1S/C18H29NO2.H2/c1-5-18(21)19-16-12-15(11-10-14(16)4)8-6-7-9-17(20)13(2)3;/h11-14H,5-10H2,1-4H3,(H,19,21);1H. The fourth-order valence-corrected chi connectivity index (χ4v) is 2.36. The third kappa shape index (κ3) is 6.28. The number of ketones is 1. The van der Waals surface area contributed by atoms with Crippen molar-refractivity contribution in [3.63, 3.8) is 0 Å². The van der Waals surface area contributed by atoms with E-state index in [2.05, 4.69) is 24.4 Å². The summed E-state index contributed by atoms with van der Waals surface area (Å²) in [6.07, 6.45) is 9.53. The fourth-order valence-electron chi connectivity index (χ4n) is 2.36. The molecule has 0 fully saturated rings. The maximum Gasteiger partial charge on any atom is 0.223 e. The van der Waals surface area contributed by atoms with Gasteiger partial charge in [-0.2, -0.15) is 0 Å². The Hall–Kier alpha value is -1.38. The van der Waals surface area contributed by atoms with Crippen molar-refractivity contribution >= 4 is 11.7 Å². The van der Waals surface area contributed by atoms with Gasteiger partial charge in [0.1, 0.15) is 5.78 Å². The Morgan fingerprint density at radius 1 is 1.38 bits per heavy atom. The third-order valence-electron chi connectivity index (χ3n) is 3.99. The summed E-state index contributed by atoms with van der Waals surface area (Å²) >= 11 is 0. The second-order valence-corrected chi connectivity index (χ2v) is 6.25. The first-order valence-corrected chi connectivity index (χ1v) is 8.17. The fraction of sp³-hybridized carbons (Fsp3) is 0.667. The van der Waals surface area contributed by atoms with E-state index in [1.54, 1.807) is 0 Å². The van der Waals surface area contributed by atoms with Crippen molar-refractivity contribution in [2.75, 3.05) is 0 Å². The maximum atomic E-state index is 11.6. The summed E-state index contributed by atoms with van der Waals surface area (Å²) in [5.74, 6) is 0.965. The largest absolute Gasteiger partial charge is 0.330 e. The lowest BCUT2D eigenvalue weighted by molar-refractivity contribution is -0.122. The van der Waals surface area contributed by atoms with E-state index >= 15 is 0 Å². The number of carbonyl (C=O) groups excluding carboxylic acids is 2. The molecule has 1 aliphatic rings. The minimum absolute atomic E-state index is 0. The van der Waals surface area contributed by atoms with Crippen molar-refractivity contribution in [3.8, 4) is 0 Å². The molecule has 3 nitrogen and oxygen atoms in total. The Morgan fingerprint density at radius 3 is 2.71 bits per heavy atom. The molecule has 0 aliphatic heterocycles. The molecule has 0 aromatic carbocycles. The Kier molecular flexibility index (Phi) is 7.41. The van der Waals surface area contributed by atoms with Crippen LogP contribution in [0.1, 0.15) is 67.6 Å². The van der Waals surface area contributed by atoms with Crippen LogP contribution in [-0.4, -0.2) is 11.7 Å². The van der Waals surface area contributed by atoms with Gasteiger partial charge in [-0.05, 0) is 37.7 Å². The molecule has 0 saturated heterocycles. The Labute approximate surface area is 130 Å². The summed E-state index contributed by atoms with van der Waals surface area (Å²) in [7, 11) is 0. The first kappa shape index (κ1) is 17.7. The number of allylic oxidation sites excluding steroid dienone is 4. The predicted molar refractivity (Wildman–Crippen MR) is 88.8 cm³/mol. The van der Waals surface area contributed by atoms with E-state index in [1.165, 1.54) is 5.57 Å². The van der Waals surface area contributed by atoms with Crippen molar-refractivity contribution in [3.05, 3.63) is 23.4 Å². The van der Waals surface area contributed by atoms with E-state index in [9.17, 15) is 9.59 Å². The first-order valence-electron chi connectivity index (χ1n) is 8.17.